The summed E-state index contributed by atoms with van der Waals surface area (Å²) in [6, 6.07) is 51.8. The summed E-state index contributed by atoms with van der Waals surface area (Å²) in [5.74, 6) is 7.18. The van der Waals surface area contributed by atoms with Crippen LogP contribution in [0.4, 0.5) is 0 Å². The lowest BCUT2D eigenvalue weighted by molar-refractivity contribution is 0.652. The van der Waals surface area contributed by atoms with Gasteiger partial charge in [-0.3, -0.25) is 0 Å². The van der Waals surface area contributed by atoms with Gasteiger partial charge in [-0.05, 0) is 131 Å². The molecule has 2 aliphatic carbocycles. The lowest BCUT2D eigenvalue weighted by Gasteiger charge is -2.24. The second kappa shape index (κ2) is 10.6. The van der Waals surface area contributed by atoms with Gasteiger partial charge in [-0.2, -0.15) is 0 Å². The summed E-state index contributed by atoms with van der Waals surface area (Å²) in [5, 5.41) is 7.66. The molecule has 0 saturated heterocycles. The number of benzene rings is 8. The Morgan fingerprint density at radius 1 is 0.392 bits per heavy atom. The van der Waals surface area contributed by atoms with Crippen molar-refractivity contribution in [1.82, 2.24) is 0 Å². The van der Waals surface area contributed by atoms with E-state index in [1.807, 2.05) is 0 Å². The first-order chi connectivity index (χ1) is 24.7. The predicted octanol–water partition coefficient (Wildman–Crippen LogP) is 13.1. The zero-order valence-electron chi connectivity index (χ0n) is 29.8. The highest BCUT2D eigenvalue weighted by molar-refractivity contribution is 6.08. The summed E-state index contributed by atoms with van der Waals surface area (Å²) in [7, 11) is 0. The molecule has 0 nitrogen and oxygen atoms in total. The van der Waals surface area contributed by atoms with Crippen LogP contribution in [0, 0.1) is 18.8 Å². The van der Waals surface area contributed by atoms with Crippen molar-refractivity contribution in [3.63, 3.8) is 0 Å². The lowest BCUT2D eigenvalue weighted by Crippen LogP contribution is -2.17. The van der Waals surface area contributed by atoms with Crippen LogP contribution in [-0.2, 0) is 10.8 Å². The second-order valence-electron chi connectivity index (χ2n) is 15.6. The van der Waals surface area contributed by atoms with Crippen molar-refractivity contribution in [3.05, 3.63) is 178 Å². The summed E-state index contributed by atoms with van der Waals surface area (Å²) >= 11 is 0. The largest absolute Gasteiger partial charge is 0.0616 e. The quantitative estimate of drug-likeness (QED) is 0.155. The van der Waals surface area contributed by atoms with E-state index in [2.05, 4.69) is 186 Å². The highest BCUT2D eigenvalue weighted by Gasteiger charge is 2.42. The number of rotatable bonds is 1. The summed E-state index contributed by atoms with van der Waals surface area (Å²) in [4.78, 5) is 0. The highest BCUT2D eigenvalue weighted by atomic mass is 14.4. The number of hydrogen-bond acceptors (Lipinski definition) is 0. The van der Waals surface area contributed by atoms with E-state index in [0.29, 0.717) is 0 Å². The maximum absolute atomic E-state index is 3.59. The molecule has 0 aliphatic heterocycles. The van der Waals surface area contributed by atoms with Crippen LogP contribution in [-0.4, -0.2) is 0 Å². The van der Waals surface area contributed by atoms with Crippen LogP contribution in [0.2, 0.25) is 0 Å². The molecule has 0 radical (unpaired) electrons. The van der Waals surface area contributed by atoms with Crippen molar-refractivity contribution in [2.24, 2.45) is 0 Å². The molecule has 8 aromatic carbocycles. The molecule has 0 amide bonds. The topological polar surface area (TPSA) is 0 Å². The van der Waals surface area contributed by atoms with Crippen LogP contribution < -0.4 is 0 Å². The van der Waals surface area contributed by atoms with Gasteiger partial charge >= 0.3 is 0 Å². The van der Waals surface area contributed by atoms with E-state index < -0.39 is 0 Å². The smallest absolute Gasteiger partial charge is 0.0327 e. The molecule has 8 aromatic rings. The zero-order chi connectivity index (χ0) is 34.6. The first-order valence-electron chi connectivity index (χ1n) is 18.1. The molecular formula is C51H38. The van der Waals surface area contributed by atoms with E-state index in [9.17, 15) is 0 Å². The van der Waals surface area contributed by atoms with Crippen LogP contribution in [0.3, 0.4) is 0 Å². The molecule has 0 unspecified atom stereocenters. The van der Waals surface area contributed by atoms with Gasteiger partial charge in [0.25, 0.3) is 0 Å². The third-order valence-corrected chi connectivity index (χ3v) is 12.1. The lowest BCUT2D eigenvalue weighted by atomic mass is 9.79. The molecule has 0 atom stereocenters. The fourth-order valence-electron chi connectivity index (χ4n) is 9.28. The first-order valence-corrected chi connectivity index (χ1v) is 18.1. The molecule has 0 heteroatoms. The van der Waals surface area contributed by atoms with Gasteiger partial charge in [0, 0.05) is 22.0 Å². The van der Waals surface area contributed by atoms with Crippen LogP contribution in [0.15, 0.2) is 140 Å². The monoisotopic (exact) mass is 650 g/mol. The number of hydrogen-bond donors (Lipinski definition) is 0. The minimum atomic E-state index is -0.139. The second-order valence-corrected chi connectivity index (χ2v) is 15.6. The van der Waals surface area contributed by atoms with Gasteiger partial charge in [-0.1, -0.05) is 149 Å². The molecule has 0 N–H and O–H groups in total. The minimum absolute atomic E-state index is 0.0626. The maximum atomic E-state index is 3.59. The Hall–Kier alpha value is -5.90. The summed E-state index contributed by atoms with van der Waals surface area (Å²) < 4.78 is 0. The molecule has 0 aromatic heterocycles. The van der Waals surface area contributed by atoms with Crippen molar-refractivity contribution in [2.45, 2.75) is 45.4 Å². The Kier molecular flexibility index (Phi) is 6.20. The van der Waals surface area contributed by atoms with Gasteiger partial charge in [0.1, 0.15) is 0 Å². The Morgan fingerprint density at radius 3 is 1.75 bits per heavy atom. The van der Waals surface area contributed by atoms with Crippen molar-refractivity contribution >= 4 is 32.3 Å². The highest BCUT2D eigenvalue weighted by Crippen LogP contribution is 2.57. The minimum Gasteiger partial charge on any atom is -0.0616 e. The van der Waals surface area contributed by atoms with Crippen molar-refractivity contribution in [1.29, 1.82) is 0 Å². The van der Waals surface area contributed by atoms with Gasteiger partial charge in [0.2, 0.25) is 0 Å². The van der Waals surface area contributed by atoms with Gasteiger partial charge in [0.05, 0.1) is 0 Å². The molecule has 242 valence electrons. The fourth-order valence-corrected chi connectivity index (χ4v) is 9.28. The van der Waals surface area contributed by atoms with E-state index in [-0.39, 0.29) is 10.8 Å². The predicted molar refractivity (Wildman–Crippen MR) is 217 cm³/mol. The van der Waals surface area contributed by atoms with Crippen LogP contribution in [0.1, 0.15) is 66.6 Å². The van der Waals surface area contributed by atoms with E-state index in [1.54, 1.807) is 0 Å². The SMILES string of the molecule is Cc1ccc(-c2ccc(C#Cc3ccc4c(c3)C(C)(C)c3cc5c(cc3-4)C(C)(C)c3ccc4ccccc4c3-5)c3ccccc23)c2ccccc12. The van der Waals surface area contributed by atoms with Crippen molar-refractivity contribution in [3.8, 4) is 45.2 Å². The summed E-state index contributed by atoms with van der Waals surface area (Å²) in [5.41, 5.74) is 16.8. The van der Waals surface area contributed by atoms with Crippen molar-refractivity contribution in [2.75, 3.05) is 0 Å². The third-order valence-electron chi connectivity index (χ3n) is 12.1. The first kappa shape index (κ1) is 30.0. The molecule has 0 fully saturated rings. The Balaban J connectivity index is 1.06. The van der Waals surface area contributed by atoms with E-state index in [4.69, 9.17) is 0 Å². The molecule has 0 bridgehead atoms. The summed E-state index contributed by atoms with van der Waals surface area (Å²) in [6.45, 7) is 11.7. The molecule has 0 heterocycles. The average Bonchev–Trinajstić information content (AvgIpc) is 3.52. The Morgan fingerprint density at radius 2 is 0.961 bits per heavy atom. The third kappa shape index (κ3) is 4.22. The maximum Gasteiger partial charge on any atom is 0.0327 e. The van der Waals surface area contributed by atoms with Gasteiger partial charge in [-0.25, -0.2) is 0 Å². The van der Waals surface area contributed by atoms with Crippen LogP contribution in [0.25, 0.3) is 65.7 Å². The average molecular weight is 651 g/mol. The fraction of sp³-hybridized carbons (Fsp3) is 0.137. The number of aryl methyl sites for hydroxylation is 1. The molecule has 51 heavy (non-hydrogen) atoms. The van der Waals surface area contributed by atoms with E-state index in [0.717, 1.165) is 11.1 Å². The van der Waals surface area contributed by atoms with Crippen LogP contribution >= 0.6 is 0 Å². The zero-order valence-corrected chi connectivity index (χ0v) is 29.8. The van der Waals surface area contributed by atoms with Gasteiger partial charge < -0.3 is 0 Å². The van der Waals surface area contributed by atoms with Gasteiger partial charge in [0.15, 0.2) is 0 Å². The van der Waals surface area contributed by atoms with E-state index in [1.165, 1.54) is 93.5 Å². The van der Waals surface area contributed by atoms with E-state index >= 15 is 0 Å². The number of fused-ring (bicyclic) bond motifs is 10. The molecular weight excluding hydrogens is 613 g/mol. The Labute approximate surface area is 300 Å². The van der Waals surface area contributed by atoms with Crippen molar-refractivity contribution < 1.29 is 0 Å². The Bertz CT molecular complexity index is 2860. The molecule has 10 rings (SSSR count). The standard InChI is InChI=1S/C51H38/c1-31-18-24-40(38-16-10-8-13-35(31)38)41-26-22-34(36-14-9-11-17-39(36)41)21-19-32-20-25-42-43-29-48-44(30-47(43)51(4,5)46(42)28-32)49-37-15-7-6-12-33(37)23-27-45(49)50(48,2)3/h6-18,20,22-30H,1-5H3. The molecule has 2 aliphatic rings. The molecule has 0 saturated carbocycles. The van der Waals surface area contributed by atoms with Gasteiger partial charge in [-0.15, -0.1) is 0 Å². The normalized spacial score (nSPS) is 14.5. The van der Waals surface area contributed by atoms with Crippen LogP contribution in [0.5, 0.6) is 0 Å². The molecule has 0 spiro atoms. The summed E-state index contributed by atoms with van der Waals surface area (Å²) in [6.07, 6.45) is 0.